The Morgan fingerprint density at radius 2 is 0.506 bits per heavy atom. The molecule has 0 aliphatic heterocycles. The molecule has 77 heavy (non-hydrogen) atoms. The minimum absolute atomic E-state index is 0.103. The topological polar surface area (TPSA) is 78.9 Å². The first-order chi connectivity index (χ1) is 38.0. The van der Waals surface area contributed by atoms with Gasteiger partial charge in [-0.25, -0.2) is 0 Å². The van der Waals surface area contributed by atoms with Crippen molar-refractivity contribution in [2.45, 2.75) is 297 Å². The number of unbranched alkanes of at least 4 members (excludes halogenated alkanes) is 26. The number of allylic oxidation sites excluding steroid dienone is 20. The van der Waals surface area contributed by atoms with Crippen molar-refractivity contribution >= 4 is 17.9 Å². The van der Waals surface area contributed by atoms with E-state index in [-0.39, 0.29) is 37.5 Å². The number of hydrogen-bond acceptors (Lipinski definition) is 6. The first-order valence-electron chi connectivity index (χ1n) is 32.0. The Balaban J connectivity index is 4.48. The second-order valence-electron chi connectivity index (χ2n) is 20.9. The van der Waals surface area contributed by atoms with Crippen LogP contribution < -0.4 is 0 Å². The number of carbonyl (C=O) groups is 3. The molecule has 0 bridgehead atoms. The summed E-state index contributed by atoms with van der Waals surface area (Å²) < 4.78 is 16.9. The maximum atomic E-state index is 12.9. The Bertz CT molecular complexity index is 1600. The van der Waals surface area contributed by atoms with Crippen molar-refractivity contribution in [3.63, 3.8) is 0 Å². The fourth-order valence-corrected chi connectivity index (χ4v) is 8.73. The van der Waals surface area contributed by atoms with Crippen molar-refractivity contribution in [1.29, 1.82) is 0 Å². The largest absolute Gasteiger partial charge is 0.462 e. The van der Waals surface area contributed by atoms with E-state index >= 15 is 0 Å². The van der Waals surface area contributed by atoms with Crippen molar-refractivity contribution in [2.75, 3.05) is 13.2 Å². The number of hydrogen-bond donors (Lipinski definition) is 0. The lowest BCUT2D eigenvalue weighted by Gasteiger charge is -2.18. The second kappa shape index (κ2) is 64.3. The average molecular weight is 1070 g/mol. The molecule has 1 unspecified atom stereocenters. The van der Waals surface area contributed by atoms with Gasteiger partial charge in [-0.05, 0) is 109 Å². The Hall–Kier alpha value is -4.19. The van der Waals surface area contributed by atoms with Crippen LogP contribution in [0.5, 0.6) is 0 Å². The van der Waals surface area contributed by atoms with Gasteiger partial charge in [-0.2, -0.15) is 0 Å². The van der Waals surface area contributed by atoms with E-state index in [4.69, 9.17) is 14.2 Å². The Kier molecular flexibility index (Phi) is 60.8. The molecule has 438 valence electrons. The quantitative estimate of drug-likeness (QED) is 0.0261. The first-order valence-corrected chi connectivity index (χ1v) is 32.0. The fourth-order valence-electron chi connectivity index (χ4n) is 8.73. The molecule has 0 aromatic carbocycles. The van der Waals surface area contributed by atoms with Gasteiger partial charge in [-0.3, -0.25) is 14.4 Å². The third-order valence-electron chi connectivity index (χ3n) is 13.5. The number of rotatable bonds is 57. The third-order valence-corrected chi connectivity index (χ3v) is 13.5. The van der Waals surface area contributed by atoms with Gasteiger partial charge in [-0.1, -0.05) is 284 Å². The molecule has 0 saturated carbocycles. The van der Waals surface area contributed by atoms with Gasteiger partial charge >= 0.3 is 17.9 Å². The predicted molar refractivity (Wildman–Crippen MR) is 334 cm³/mol. The predicted octanol–water partition coefficient (Wildman–Crippen LogP) is 22.0. The molecule has 0 rings (SSSR count). The third kappa shape index (κ3) is 62.5. The van der Waals surface area contributed by atoms with E-state index in [1.807, 2.05) is 0 Å². The zero-order valence-electron chi connectivity index (χ0n) is 50.2. The van der Waals surface area contributed by atoms with Crippen molar-refractivity contribution in [1.82, 2.24) is 0 Å². The Morgan fingerprint density at radius 3 is 0.792 bits per heavy atom. The number of esters is 3. The van der Waals surface area contributed by atoms with Gasteiger partial charge in [0.15, 0.2) is 6.10 Å². The summed E-state index contributed by atoms with van der Waals surface area (Å²) in [6.07, 6.45) is 89.2. The number of ether oxygens (including phenoxy) is 3. The van der Waals surface area contributed by atoms with E-state index in [0.29, 0.717) is 12.8 Å². The fraction of sp³-hybridized carbons (Fsp3) is 0.676. The highest BCUT2D eigenvalue weighted by atomic mass is 16.6. The van der Waals surface area contributed by atoms with Gasteiger partial charge in [0.25, 0.3) is 0 Å². The molecule has 0 saturated heterocycles. The van der Waals surface area contributed by atoms with Gasteiger partial charge in [-0.15, -0.1) is 0 Å². The van der Waals surface area contributed by atoms with Gasteiger partial charge in [0.05, 0.1) is 0 Å². The van der Waals surface area contributed by atoms with E-state index in [0.717, 1.165) is 135 Å². The summed E-state index contributed by atoms with van der Waals surface area (Å²) in [6, 6.07) is 0. The lowest BCUT2D eigenvalue weighted by molar-refractivity contribution is -0.167. The van der Waals surface area contributed by atoms with Crippen LogP contribution in [0.4, 0.5) is 0 Å². The summed E-state index contributed by atoms with van der Waals surface area (Å²) >= 11 is 0. The summed E-state index contributed by atoms with van der Waals surface area (Å²) in [5.74, 6) is -0.962. The van der Waals surface area contributed by atoms with Gasteiger partial charge in [0.2, 0.25) is 0 Å². The van der Waals surface area contributed by atoms with Crippen LogP contribution in [0.2, 0.25) is 0 Å². The number of carbonyl (C=O) groups excluding carboxylic acids is 3. The van der Waals surface area contributed by atoms with Crippen LogP contribution in [0.15, 0.2) is 122 Å². The highest BCUT2D eigenvalue weighted by molar-refractivity contribution is 5.71. The van der Waals surface area contributed by atoms with Gasteiger partial charge in [0, 0.05) is 19.3 Å². The Labute approximate surface area is 475 Å². The summed E-state index contributed by atoms with van der Waals surface area (Å²) in [5.41, 5.74) is 0. The normalized spacial score (nSPS) is 12.9. The monoisotopic (exact) mass is 1070 g/mol. The van der Waals surface area contributed by atoms with Crippen molar-refractivity contribution in [2.24, 2.45) is 0 Å². The van der Waals surface area contributed by atoms with E-state index in [1.165, 1.54) is 116 Å². The highest BCUT2D eigenvalue weighted by Crippen LogP contribution is 2.16. The van der Waals surface area contributed by atoms with E-state index < -0.39 is 6.10 Å². The minimum Gasteiger partial charge on any atom is -0.462 e. The standard InChI is InChI=1S/C71H118O6/c1-4-7-10-13-16-19-22-25-28-31-34-35-38-40-43-46-49-52-55-58-61-64-70(73)76-67-68(77-71(74)65-62-59-56-53-50-47-44-41-37-33-30-27-24-21-18-15-12-9-6-3)66-75-69(72)63-60-57-54-51-48-45-42-39-36-32-29-26-23-20-17-14-11-8-5-2/h8-9,11-12,17-18,20-21,26-27,29-30,36-37,39,41,45,47-48,50,68H,4-7,10,13-16,19,22-25,28,31-35,38,40,42-44,46,49,51-67H2,1-3H3/b11-8-,12-9-,20-17-,21-18-,29-26-,30-27-,39-36-,41-37-,48-45-,50-47-. The Morgan fingerprint density at radius 1 is 0.273 bits per heavy atom. The molecule has 6 nitrogen and oxygen atoms in total. The summed E-state index contributed by atoms with van der Waals surface area (Å²) in [4.78, 5) is 38.3. The van der Waals surface area contributed by atoms with Crippen LogP contribution in [-0.4, -0.2) is 37.2 Å². The van der Waals surface area contributed by atoms with Crippen LogP contribution in [0.1, 0.15) is 290 Å². The van der Waals surface area contributed by atoms with E-state index in [2.05, 4.69) is 142 Å². The molecule has 0 N–H and O–H groups in total. The molecular formula is C71H118O6. The molecule has 0 aromatic heterocycles. The SMILES string of the molecule is CC/C=C\C/C=C\C/C=C\C/C=C\C/C=C\CCCCCC(=O)OCC(COC(=O)CCCCCCCCCCCCCCCCCCCCCCC)OC(=O)CCCCC/C=C\C/C=C\C/C=C\C/C=C\C/C=C\CC. The molecule has 0 heterocycles. The average Bonchev–Trinajstić information content (AvgIpc) is 3.43. The van der Waals surface area contributed by atoms with Crippen LogP contribution >= 0.6 is 0 Å². The van der Waals surface area contributed by atoms with E-state index in [1.54, 1.807) is 0 Å². The van der Waals surface area contributed by atoms with Crippen molar-refractivity contribution in [3.8, 4) is 0 Å². The first kappa shape index (κ1) is 72.8. The minimum atomic E-state index is -0.813. The molecule has 0 amide bonds. The molecule has 6 heteroatoms. The van der Waals surface area contributed by atoms with Crippen LogP contribution in [0, 0.1) is 0 Å². The summed E-state index contributed by atoms with van der Waals surface area (Å²) in [5, 5.41) is 0. The lowest BCUT2D eigenvalue weighted by Crippen LogP contribution is -2.30. The maximum Gasteiger partial charge on any atom is 0.306 e. The molecule has 1 atom stereocenters. The zero-order chi connectivity index (χ0) is 55.7. The molecule has 0 aromatic rings. The van der Waals surface area contributed by atoms with E-state index in [9.17, 15) is 14.4 Å². The summed E-state index contributed by atoms with van der Waals surface area (Å²) in [7, 11) is 0. The van der Waals surface area contributed by atoms with Crippen molar-refractivity contribution in [3.05, 3.63) is 122 Å². The summed E-state index contributed by atoms with van der Waals surface area (Å²) in [6.45, 7) is 6.38. The lowest BCUT2D eigenvalue weighted by atomic mass is 10.0. The van der Waals surface area contributed by atoms with Crippen LogP contribution in [-0.2, 0) is 28.6 Å². The highest BCUT2D eigenvalue weighted by Gasteiger charge is 2.19. The zero-order valence-corrected chi connectivity index (χ0v) is 50.2. The molecule has 0 spiro atoms. The van der Waals surface area contributed by atoms with Crippen molar-refractivity contribution < 1.29 is 28.6 Å². The van der Waals surface area contributed by atoms with Crippen LogP contribution in [0.25, 0.3) is 0 Å². The molecular weight excluding hydrogens is 949 g/mol. The maximum absolute atomic E-state index is 12.9. The molecule has 0 radical (unpaired) electrons. The second-order valence-corrected chi connectivity index (χ2v) is 20.9. The van der Waals surface area contributed by atoms with Crippen LogP contribution in [0.3, 0.4) is 0 Å². The van der Waals surface area contributed by atoms with Gasteiger partial charge < -0.3 is 14.2 Å². The molecule has 0 fully saturated rings. The van der Waals surface area contributed by atoms with Gasteiger partial charge in [0.1, 0.15) is 13.2 Å². The smallest absolute Gasteiger partial charge is 0.306 e. The molecule has 0 aliphatic rings. The molecule has 0 aliphatic carbocycles.